The number of carbonyl (C=O) groups excluding carboxylic acids is 1. The Labute approximate surface area is 202 Å². The summed E-state index contributed by atoms with van der Waals surface area (Å²) >= 11 is 0. The number of allylic oxidation sites excluding steroid dienone is 1. The first-order valence-corrected chi connectivity index (χ1v) is 12.4. The van der Waals surface area contributed by atoms with Gasteiger partial charge in [-0.05, 0) is 51.4 Å². The van der Waals surface area contributed by atoms with Gasteiger partial charge in [-0.1, -0.05) is 39.0 Å². The predicted octanol–water partition coefficient (Wildman–Crippen LogP) is 2.09. The van der Waals surface area contributed by atoms with Gasteiger partial charge in [0, 0.05) is 16.9 Å². The minimum absolute atomic E-state index is 0.127. The van der Waals surface area contributed by atoms with Gasteiger partial charge in [0.2, 0.25) is 0 Å². The molecular weight excluding hydrogens is 440 g/mol. The van der Waals surface area contributed by atoms with Crippen molar-refractivity contribution in [3.63, 3.8) is 0 Å². The van der Waals surface area contributed by atoms with Gasteiger partial charge in [0.1, 0.15) is 18.3 Å². The highest BCUT2D eigenvalue weighted by atomic mass is 16.7. The second-order valence-corrected chi connectivity index (χ2v) is 10.8. The zero-order chi connectivity index (χ0) is 25.4. The molecule has 3 aliphatic rings. The third-order valence-corrected chi connectivity index (χ3v) is 8.38. The fraction of sp³-hybridized carbons (Fsp3) is 0.808. The Kier molecular flexibility index (Phi) is 8.64. The summed E-state index contributed by atoms with van der Waals surface area (Å²) in [6.45, 7) is 13.4. The SMILES string of the molecule is C=C1CC[C@@H](O)[C@]2(C)CC[C@@H](C(C)C)[C@@H](O[C@@H]3O[C@H](CO)[C@@H](O)[C@H](OC(=O)C(C)=CC)[C@H]3O)[C@@H]12. The van der Waals surface area contributed by atoms with E-state index < -0.39 is 60.9 Å². The first kappa shape index (κ1) is 27.3. The van der Waals surface area contributed by atoms with E-state index in [0.29, 0.717) is 18.4 Å². The van der Waals surface area contributed by atoms with Gasteiger partial charge < -0.3 is 34.6 Å². The Bertz CT molecular complexity index is 779. The van der Waals surface area contributed by atoms with Crippen molar-refractivity contribution in [1.29, 1.82) is 0 Å². The van der Waals surface area contributed by atoms with Crippen LogP contribution in [0.5, 0.6) is 0 Å². The lowest BCUT2D eigenvalue weighted by Crippen LogP contribution is -2.63. The molecule has 0 spiro atoms. The van der Waals surface area contributed by atoms with Crippen LogP contribution in [0.4, 0.5) is 0 Å². The van der Waals surface area contributed by atoms with Crippen LogP contribution in [-0.4, -0.2) is 75.9 Å². The smallest absolute Gasteiger partial charge is 0.333 e. The molecule has 8 nitrogen and oxygen atoms in total. The van der Waals surface area contributed by atoms with Crippen LogP contribution in [0.3, 0.4) is 0 Å². The zero-order valence-corrected chi connectivity index (χ0v) is 21.0. The molecule has 10 atom stereocenters. The lowest BCUT2D eigenvalue weighted by molar-refractivity contribution is -0.327. The van der Waals surface area contributed by atoms with Crippen LogP contribution in [-0.2, 0) is 19.0 Å². The van der Waals surface area contributed by atoms with Crippen molar-refractivity contribution in [2.45, 2.75) is 103 Å². The number of fused-ring (bicyclic) bond motifs is 1. The third-order valence-electron chi connectivity index (χ3n) is 8.38. The van der Waals surface area contributed by atoms with Crippen LogP contribution < -0.4 is 0 Å². The maximum absolute atomic E-state index is 12.4. The summed E-state index contributed by atoms with van der Waals surface area (Å²) in [7, 11) is 0. The van der Waals surface area contributed by atoms with Crippen molar-refractivity contribution >= 4 is 5.97 Å². The zero-order valence-electron chi connectivity index (χ0n) is 21.0. The highest BCUT2D eigenvalue weighted by Crippen LogP contribution is 2.56. The second-order valence-electron chi connectivity index (χ2n) is 10.8. The van der Waals surface area contributed by atoms with E-state index in [2.05, 4.69) is 27.4 Å². The Morgan fingerprint density at radius 3 is 2.50 bits per heavy atom. The van der Waals surface area contributed by atoms with E-state index >= 15 is 0 Å². The number of hydrogen-bond acceptors (Lipinski definition) is 8. The first-order valence-electron chi connectivity index (χ1n) is 12.4. The Morgan fingerprint density at radius 2 is 1.91 bits per heavy atom. The first-order chi connectivity index (χ1) is 16.0. The van der Waals surface area contributed by atoms with Crippen molar-refractivity contribution in [3.8, 4) is 0 Å². The average molecular weight is 483 g/mol. The minimum Gasteiger partial charge on any atom is -0.453 e. The fourth-order valence-electron chi connectivity index (χ4n) is 5.99. The summed E-state index contributed by atoms with van der Waals surface area (Å²) in [5, 5.41) is 42.4. The molecule has 4 N–H and O–H groups in total. The second kappa shape index (κ2) is 10.8. The summed E-state index contributed by atoms with van der Waals surface area (Å²) < 4.78 is 17.7. The summed E-state index contributed by atoms with van der Waals surface area (Å²) in [6.07, 6.45) is -2.80. The van der Waals surface area contributed by atoms with E-state index in [-0.39, 0.29) is 17.8 Å². The average Bonchev–Trinajstić information content (AvgIpc) is 2.80. The van der Waals surface area contributed by atoms with Gasteiger partial charge in [0.15, 0.2) is 12.4 Å². The van der Waals surface area contributed by atoms with Crippen LogP contribution in [0.1, 0.15) is 60.3 Å². The number of esters is 1. The molecule has 0 aromatic carbocycles. The molecule has 194 valence electrons. The third kappa shape index (κ3) is 4.99. The lowest BCUT2D eigenvalue weighted by atomic mass is 9.53. The largest absolute Gasteiger partial charge is 0.453 e. The van der Waals surface area contributed by atoms with Crippen LogP contribution >= 0.6 is 0 Å². The molecule has 0 radical (unpaired) electrons. The van der Waals surface area contributed by atoms with E-state index in [1.165, 1.54) is 0 Å². The molecular formula is C26H42O8. The summed E-state index contributed by atoms with van der Waals surface area (Å²) in [4.78, 5) is 12.4. The van der Waals surface area contributed by atoms with Crippen LogP contribution in [0.15, 0.2) is 23.8 Å². The van der Waals surface area contributed by atoms with Crippen molar-refractivity contribution in [3.05, 3.63) is 23.8 Å². The molecule has 1 aliphatic heterocycles. The highest BCUT2D eigenvalue weighted by molar-refractivity contribution is 5.87. The van der Waals surface area contributed by atoms with E-state index in [4.69, 9.17) is 14.2 Å². The van der Waals surface area contributed by atoms with E-state index in [9.17, 15) is 25.2 Å². The van der Waals surface area contributed by atoms with Gasteiger partial charge in [-0.25, -0.2) is 4.79 Å². The Hall–Kier alpha value is -1.29. The van der Waals surface area contributed by atoms with E-state index in [0.717, 1.165) is 18.4 Å². The van der Waals surface area contributed by atoms with Gasteiger partial charge in [-0.15, -0.1) is 0 Å². The predicted molar refractivity (Wildman–Crippen MR) is 125 cm³/mol. The molecule has 2 aliphatic carbocycles. The van der Waals surface area contributed by atoms with Crippen LogP contribution in [0.2, 0.25) is 0 Å². The molecule has 0 bridgehead atoms. The monoisotopic (exact) mass is 482 g/mol. The van der Waals surface area contributed by atoms with E-state index in [1.54, 1.807) is 19.9 Å². The topological polar surface area (TPSA) is 126 Å². The van der Waals surface area contributed by atoms with Crippen molar-refractivity contribution in [2.75, 3.05) is 6.61 Å². The molecule has 1 heterocycles. The summed E-state index contributed by atoms with van der Waals surface area (Å²) in [5.41, 5.74) is 0.939. The molecule has 0 aromatic heterocycles. The molecule has 34 heavy (non-hydrogen) atoms. The highest BCUT2D eigenvalue weighted by Gasteiger charge is 2.56. The van der Waals surface area contributed by atoms with Crippen LogP contribution in [0.25, 0.3) is 0 Å². The van der Waals surface area contributed by atoms with Crippen molar-refractivity contribution < 1.29 is 39.4 Å². The van der Waals surface area contributed by atoms with Crippen molar-refractivity contribution in [1.82, 2.24) is 0 Å². The van der Waals surface area contributed by atoms with Gasteiger partial charge in [0.25, 0.3) is 0 Å². The summed E-state index contributed by atoms with van der Waals surface area (Å²) in [5.74, 6) is -0.412. The number of hydrogen-bond donors (Lipinski definition) is 4. The van der Waals surface area contributed by atoms with Gasteiger partial charge in [0.05, 0.1) is 18.8 Å². The minimum atomic E-state index is -1.46. The van der Waals surface area contributed by atoms with Gasteiger partial charge in [-0.2, -0.15) is 0 Å². The number of aliphatic hydroxyl groups excluding tert-OH is 4. The number of ether oxygens (including phenoxy) is 3. The van der Waals surface area contributed by atoms with Crippen LogP contribution in [0, 0.1) is 23.2 Å². The molecule has 0 unspecified atom stereocenters. The molecule has 3 rings (SSSR count). The number of aliphatic hydroxyl groups is 4. The maximum Gasteiger partial charge on any atom is 0.333 e. The standard InChI is InChI=1S/C26H42O8/c1-7-14(4)24(31)33-23-20(29)17(12-27)32-25(21(23)30)34-22-16(13(2)3)10-11-26(6)18(28)9-8-15(5)19(22)26/h7,13,16-23,25,27-30H,5,8-12H2,1-4,6H3/t16-,17+,18+,19+,20+,21+,22+,23-,25-,26-/m0/s1. The number of rotatable bonds is 6. The molecule has 0 amide bonds. The Balaban J connectivity index is 1.91. The molecule has 3 fully saturated rings. The Morgan fingerprint density at radius 1 is 1.24 bits per heavy atom. The number of carbonyl (C=O) groups is 1. The quantitative estimate of drug-likeness (QED) is 0.258. The molecule has 2 saturated carbocycles. The molecule has 1 saturated heterocycles. The van der Waals surface area contributed by atoms with E-state index in [1.807, 2.05) is 0 Å². The fourth-order valence-corrected chi connectivity index (χ4v) is 5.99. The lowest BCUT2D eigenvalue weighted by Gasteiger charge is -2.56. The van der Waals surface area contributed by atoms with Gasteiger partial charge >= 0.3 is 5.97 Å². The van der Waals surface area contributed by atoms with Crippen molar-refractivity contribution in [2.24, 2.45) is 23.2 Å². The molecule has 0 aromatic rings. The normalized spacial score (nSPS) is 43.5. The maximum atomic E-state index is 12.4. The van der Waals surface area contributed by atoms with Gasteiger partial charge in [-0.3, -0.25) is 0 Å². The molecule has 8 heteroatoms. The summed E-state index contributed by atoms with van der Waals surface area (Å²) in [6, 6.07) is 0.